The maximum absolute atomic E-state index is 12.4. The summed E-state index contributed by atoms with van der Waals surface area (Å²) in [5, 5.41) is 8.55. The Kier molecular flexibility index (Phi) is 3.62. The van der Waals surface area contributed by atoms with Gasteiger partial charge in [-0.2, -0.15) is 5.26 Å². The van der Waals surface area contributed by atoms with Crippen molar-refractivity contribution in [2.24, 2.45) is 0 Å². The fraction of sp³-hybridized carbons (Fsp3) is 0.250. The van der Waals surface area contributed by atoms with Crippen molar-refractivity contribution in [3.8, 4) is 6.07 Å². The van der Waals surface area contributed by atoms with Gasteiger partial charge in [0.05, 0.1) is 5.56 Å². The van der Waals surface area contributed by atoms with Crippen LogP contribution in [0.5, 0.6) is 0 Å². The van der Waals surface area contributed by atoms with Crippen molar-refractivity contribution >= 4 is 23.2 Å². The van der Waals surface area contributed by atoms with Gasteiger partial charge in [-0.05, 0) is 5.56 Å². The zero-order valence-electron chi connectivity index (χ0n) is 6.77. The summed E-state index contributed by atoms with van der Waals surface area (Å²) >= 11 is 11.0. The Balaban J connectivity index is 3.42. The van der Waals surface area contributed by atoms with Gasteiger partial charge in [0, 0.05) is 17.6 Å². The number of pyridine rings is 1. The van der Waals surface area contributed by atoms with Crippen LogP contribution in [0, 0.1) is 11.3 Å². The van der Waals surface area contributed by atoms with E-state index in [1.807, 2.05) is 0 Å². The number of hydrogen-bond acceptors (Lipinski definition) is 2. The molecule has 0 amide bonds. The van der Waals surface area contributed by atoms with Gasteiger partial charge in [0.15, 0.2) is 0 Å². The number of halogens is 4. The molecule has 0 bridgehead atoms. The minimum Gasteiger partial charge on any atom is -0.243 e. The zero-order valence-corrected chi connectivity index (χ0v) is 8.28. The zero-order chi connectivity index (χ0) is 10.7. The molecule has 0 fully saturated rings. The van der Waals surface area contributed by atoms with Gasteiger partial charge in [-0.15, -0.1) is 11.6 Å². The minimum absolute atomic E-state index is 0.0455. The lowest BCUT2D eigenvalue weighted by Crippen LogP contribution is -1.99. The Hall–Kier alpha value is -0.920. The van der Waals surface area contributed by atoms with Gasteiger partial charge in [-0.25, -0.2) is 13.8 Å². The highest BCUT2D eigenvalue weighted by molar-refractivity contribution is 6.30. The molecule has 0 atom stereocenters. The molecule has 0 N–H and O–H groups in total. The number of alkyl halides is 3. The average molecular weight is 237 g/mol. The predicted molar refractivity (Wildman–Crippen MR) is 48.5 cm³/mol. The van der Waals surface area contributed by atoms with Gasteiger partial charge in [-0.3, -0.25) is 0 Å². The third-order valence-corrected chi connectivity index (χ3v) is 2.21. The molecule has 0 spiro atoms. The van der Waals surface area contributed by atoms with Crippen LogP contribution in [0.1, 0.15) is 23.1 Å². The highest BCUT2D eigenvalue weighted by atomic mass is 35.5. The first-order valence-corrected chi connectivity index (χ1v) is 4.44. The van der Waals surface area contributed by atoms with Gasteiger partial charge >= 0.3 is 0 Å². The molecule has 1 rings (SSSR count). The first-order valence-electron chi connectivity index (χ1n) is 3.53. The summed E-state index contributed by atoms with van der Waals surface area (Å²) in [6, 6.07) is 1.70. The molecule has 6 heteroatoms. The van der Waals surface area contributed by atoms with Gasteiger partial charge in [-0.1, -0.05) is 11.6 Å². The van der Waals surface area contributed by atoms with Gasteiger partial charge in [0.1, 0.15) is 11.2 Å². The summed E-state index contributed by atoms with van der Waals surface area (Å²) in [6.45, 7) is 0. The van der Waals surface area contributed by atoms with Crippen molar-refractivity contribution < 1.29 is 8.78 Å². The largest absolute Gasteiger partial charge is 0.265 e. The molecule has 0 aliphatic carbocycles. The highest BCUT2D eigenvalue weighted by Gasteiger charge is 2.18. The third-order valence-electron chi connectivity index (χ3n) is 1.65. The SMILES string of the molecule is N#Cc1c(Cl)ncc(C(F)F)c1CCl. The van der Waals surface area contributed by atoms with Gasteiger partial charge in [0.25, 0.3) is 6.43 Å². The van der Waals surface area contributed by atoms with Crippen molar-refractivity contribution in [2.75, 3.05) is 0 Å². The molecule has 0 aliphatic heterocycles. The topological polar surface area (TPSA) is 36.7 Å². The molecule has 0 unspecified atom stereocenters. The molecule has 14 heavy (non-hydrogen) atoms. The van der Waals surface area contributed by atoms with Gasteiger partial charge < -0.3 is 0 Å². The molecule has 0 aliphatic rings. The van der Waals surface area contributed by atoms with E-state index in [-0.39, 0.29) is 27.7 Å². The maximum Gasteiger partial charge on any atom is 0.265 e. The summed E-state index contributed by atoms with van der Waals surface area (Å²) in [5.41, 5.74) is -0.385. The van der Waals surface area contributed by atoms with E-state index in [4.69, 9.17) is 28.5 Å². The quantitative estimate of drug-likeness (QED) is 0.584. The molecule has 0 radical (unpaired) electrons. The first kappa shape index (κ1) is 11.2. The molecule has 1 aromatic heterocycles. The minimum atomic E-state index is -2.71. The van der Waals surface area contributed by atoms with E-state index >= 15 is 0 Å². The summed E-state index contributed by atoms with van der Waals surface area (Å²) < 4.78 is 24.8. The van der Waals surface area contributed by atoms with Crippen molar-refractivity contribution in [3.05, 3.63) is 28.0 Å². The van der Waals surface area contributed by atoms with E-state index in [9.17, 15) is 8.78 Å². The summed E-state index contributed by atoms with van der Waals surface area (Å²) in [6.07, 6.45) is -1.77. The average Bonchev–Trinajstić information content (AvgIpc) is 2.16. The molecule has 1 heterocycles. The van der Waals surface area contributed by atoms with Crippen LogP contribution in [0.25, 0.3) is 0 Å². The van der Waals surface area contributed by atoms with Crippen molar-refractivity contribution in [2.45, 2.75) is 12.3 Å². The van der Waals surface area contributed by atoms with Crippen molar-refractivity contribution in [3.63, 3.8) is 0 Å². The van der Waals surface area contributed by atoms with Crippen molar-refractivity contribution in [1.82, 2.24) is 4.98 Å². The Bertz CT molecular complexity index is 388. The third kappa shape index (κ3) is 1.94. The van der Waals surface area contributed by atoms with Crippen LogP contribution in [-0.2, 0) is 5.88 Å². The number of aromatic nitrogens is 1. The van der Waals surface area contributed by atoms with Crippen LogP contribution in [0.15, 0.2) is 6.20 Å². The Morgan fingerprint density at radius 1 is 1.57 bits per heavy atom. The van der Waals surface area contributed by atoms with Gasteiger partial charge in [0.2, 0.25) is 0 Å². The highest BCUT2D eigenvalue weighted by Crippen LogP contribution is 2.28. The standard InChI is InChI=1S/C8H4Cl2F2N2/c9-1-4-5(2-13)7(10)14-3-6(4)8(11)12/h3,8H,1H2. The summed E-state index contributed by atoms with van der Waals surface area (Å²) in [5.74, 6) is -0.190. The fourth-order valence-electron chi connectivity index (χ4n) is 0.983. The smallest absolute Gasteiger partial charge is 0.243 e. The van der Waals surface area contributed by atoms with Crippen LogP contribution in [0.2, 0.25) is 5.15 Å². The Morgan fingerprint density at radius 2 is 2.21 bits per heavy atom. The Labute approximate surface area is 89.1 Å². The molecule has 0 saturated carbocycles. The fourth-order valence-corrected chi connectivity index (χ4v) is 1.48. The van der Waals surface area contributed by atoms with E-state index in [0.717, 1.165) is 6.20 Å². The molecule has 1 aromatic rings. The molecule has 0 aromatic carbocycles. The van der Waals surface area contributed by atoms with E-state index in [1.54, 1.807) is 6.07 Å². The summed E-state index contributed by atoms with van der Waals surface area (Å²) in [4.78, 5) is 3.48. The normalized spacial score (nSPS) is 10.3. The lowest BCUT2D eigenvalue weighted by Gasteiger charge is -2.07. The Morgan fingerprint density at radius 3 is 2.64 bits per heavy atom. The predicted octanol–water partition coefficient (Wildman–Crippen LogP) is 3.28. The lowest BCUT2D eigenvalue weighted by atomic mass is 10.1. The second kappa shape index (κ2) is 4.54. The molecule has 0 saturated heterocycles. The second-order valence-electron chi connectivity index (χ2n) is 2.40. The number of rotatable bonds is 2. The number of hydrogen-bond donors (Lipinski definition) is 0. The molecule has 2 nitrogen and oxygen atoms in total. The molecular formula is C8H4Cl2F2N2. The van der Waals surface area contributed by atoms with Crippen LogP contribution < -0.4 is 0 Å². The number of nitriles is 1. The van der Waals surface area contributed by atoms with E-state index in [1.165, 1.54) is 0 Å². The molecule has 74 valence electrons. The second-order valence-corrected chi connectivity index (χ2v) is 3.03. The number of nitrogens with zero attached hydrogens (tertiary/aromatic N) is 2. The van der Waals surface area contributed by atoms with E-state index < -0.39 is 6.43 Å². The monoisotopic (exact) mass is 236 g/mol. The molecular weight excluding hydrogens is 233 g/mol. The van der Waals surface area contributed by atoms with Crippen molar-refractivity contribution in [1.29, 1.82) is 5.26 Å². The van der Waals surface area contributed by atoms with E-state index in [2.05, 4.69) is 4.98 Å². The van der Waals surface area contributed by atoms with E-state index in [0.29, 0.717) is 0 Å². The van der Waals surface area contributed by atoms with Crippen LogP contribution in [-0.4, -0.2) is 4.98 Å². The lowest BCUT2D eigenvalue weighted by molar-refractivity contribution is 0.150. The van der Waals surface area contributed by atoms with Crippen LogP contribution in [0.4, 0.5) is 8.78 Å². The summed E-state index contributed by atoms with van der Waals surface area (Å²) in [7, 11) is 0. The van der Waals surface area contributed by atoms with Crippen LogP contribution >= 0.6 is 23.2 Å². The maximum atomic E-state index is 12.4. The van der Waals surface area contributed by atoms with Crippen LogP contribution in [0.3, 0.4) is 0 Å². The first-order chi connectivity index (χ1) is 6.61.